The largest absolute Gasteiger partial charge is 0.501 e. The molecule has 2 rings (SSSR count). The SMILES string of the molecule is CCO/C=C/C(=O)c1ccc2cc(OC)ccc2c1. The van der Waals surface area contributed by atoms with Crippen LogP contribution in [0.2, 0.25) is 0 Å². The molecule has 3 heteroatoms. The van der Waals surface area contributed by atoms with Gasteiger partial charge < -0.3 is 9.47 Å². The monoisotopic (exact) mass is 256 g/mol. The third-order valence-corrected chi connectivity index (χ3v) is 2.81. The number of allylic oxidation sites excluding steroid dienone is 1. The zero-order chi connectivity index (χ0) is 13.7. The van der Waals surface area contributed by atoms with Gasteiger partial charge in [-0.25, -0.2) is 0 Å². The van der Waals surface area contributed by atoms with Crippen LogP contribution >= 0.6 is 0 Å². The summed E-state index contributed by atoms with van der Waals surface area (Å²) in [6.07, 6.45) is 2.87. The number of ether oxygens (including phenoxy) is 2. The molecule has 0 unspecified atom stereocenters. The van der Waals surface area contributed by atoms with E-state index < -0.39 is 0 Å². The second-order valence-corrected chi connectivity index (χ2v) is 4.05. The van der Waals surface area contributed by atoms with Crippen LogP contribution in [0.15, 0.2) is 48.7 Å². The van der Waals surface area contributed by atoms with Gasteiger partial charge in [-0.05, 0) is 35.9 Å². The maximum absolute atomic E-state index is 11.9. The Kier molecular flexibility index (Phi) is 4.18. The number of rotatable bonds is 5. The average molecular weight is 256 g/mol. The van der Waals surface area contributed by atoms with Gasteiger partial charge in [0.1, 0.15) is 5.75 Å². The number of hydrogen-bond donors (Lipinski definition) is 0. The first-order valence-corrected chi connectivity index (χ1v) is 6.15. The lowest BCUT2D eigenvalue weighted by atomic mass is 10.0. The first-order chi connectivity index (χ1) is 9.24. The summed E-state index contributed by atoms with van der Waals surface area (Å²) >= 11 is 0. The average Bonchev–Trinajstić information content (AvgIpc) is 2.46. The van der Waals surface area contributed by atoms with E-state index >= 15 is 0 Å². The highest BCUT2D eigenvalue weighted by molar-refractivity contribution is 6.06. The van der Waals surface area contributed by atoms with Crippen LogP contribution in [0.5, 0.6) is 5.75 Å². The van der Waals surface area contributed by atoms with Crippen LogP contribution in [0, 0.1) is 0 Å². The molecule has 0 atom stereocenters. The summed E-state index contributed by atoms with van der Waals surface area (Å²) in [5.41, 5.74) is 0.647. The smallest absolute Gasteiger partial charge is 0.188 e. The number of carbonyl (C=O) groups excluding carboxylic acids is 1. The Morgan fingerprint density at radius 1 is 1.16 bits per heavy atom. The molecule has 0 N–H and O–H groups in total. The summed E-state index contributed by atoms with van der Waals surface area (Å²) in [5, 5.41) is 2.06. The molecule has 2 aromatic carbocycles. The lowest BCUT2D eigenvalue weighted by Crippen LogP contribution is -1.94. The molecule has 0 fully saturated rings. The van der Waals surface area contributed by atoms with Gasteiger partial charge in [0, 0.05) is 11.6 Å². The standard InChI is InChI=1S/C16H16O3/c1-3-19-9-8-16(17)14-5-4-13-11-15(18-2)7-6-12(13)10-14/h4-11H,3H2,1-2H3/b9-8+. The zero-order valence-electron chi connectivity index (χ0n) is 11.1. The second-order valence-electron chi connectivity index (χ2n) is 4.05. The Balaban J connectivity index is 2.29. The van der Waals surface area contributed by atoms with E-state index in [2.05, 4.69) is 0 Å². The Morgan fingerprint density at radius 3 is 2.63 bits per heavy atom. The molecule has 0 amide bonds. The topological polar surface area (TPSA) is 35.5 Å². The van der Waals surface area contributed by atoms with Gasteiger partial charge in [-0.3, -0.25) is 4.79 Å². The normalized spacial score (nSPS) is 10.8. The lowest BCUT2D eigenvalue weighted by Gasteiger charge is -2.04. The fourth-order valence-corrected chi connectivity index (χ4v) is 1.81. The summed E-state index contributed by atoms with van der Waals surface area (Å²) in [6, 6.07) is 11.4. The number of carbonyl (C=O) groups is 1. The van der Waals surface area contributed by atoms with E-state index in [9.17, 15) is 4.79 Å². The second kappa shape index (κ2) is 6.05. The number of methoxy groups -OCH3 is 1. The minimum Gasteiger partial charge on any atom is -0.501 e. The van der Waals surface area contributed by atoms with Crippen LogP contribution in [0.1, 0.15) is 17.3 Å². The fraction of sp³-hybridized carbons (Fsp3) is 0.188. The van der Waals surface area contributed by atoms with Crippen LogP contribution in [-0.4, -0.2) is 19.5 Å². The van der Waals surface area contributed by atoms with Crippen molar-refractivity contribution >= 4 is 16.6 Å². The van der Waals surface area contributed by atoms with Crippen LogP contribution in [0.4, 0.5) is 0 Å². The van der Waals surface area contributed by atoms with Crippen LogP contribution in [-0.2, 0) is 4.74 Å². The molecule has 2 aromatic rings. The van der Waals surface area contributed by atoms with Crippen LogP contribution in [0.25, 0.3) is 10.8 Å². The Labute approximate surface area is 112 Å². The van der Waals surface area contributed by atoms with Crippen molar-refractivity contribution in [3.63, 3.8) is 0 Å². The highest BCUT2D eigenvalue weighted by atomic mass is 16.5. The summed E-state index contributed by atoms with van der Waals surface area (Å²) < 4.78 is 10.2. The molecule has 0 heterocycles. The molecule has 0 radical (unpaired) electrons. The Hall–Kier alpha value is -2.29. The van der Waals surface area contributed by atoms with Gasteiger partial charge in [0.25, 0.3) is 0 Å². The van der Waals surface area contributed by atoms with Crippen molar-refractivity contribution in [2.45, 2.75) is 6.92 Å². The van der Waals surface area contributed by atoms with E-state index in [0.29, 0.717) is 12.2 Å². The van der Waals surface area contributed by atoms with Crippen molar-refractivity contribution in [3.05, 3.63) is 54.3 Å². The predicted molar refractivity (Wildman–Crippen MR) is 75.6 cm³/mol. The molecule has 0 saturated heterocycles. The fourth-order valence-electron chi connectivity index (χ4n) is 1.81. The number of benzene rings is 2. The molecule has 0 bridgehead atoms. The molecular formula is C16H16O3. The van der Waals surface area contributed by atoms with E-state index in [-0.39, 0.29) is 5.78 Å². The van der Waals surface area contributed by atoms with E-state index in [4.69, 9.17) is 9.47 Å². The molecule has 0 aromatic heterocycles. The van der Waals surface area contributed by atoms with Crippen LogP contribution < -0.4 is 4.74 Å². The zero-order valence-corrected chi connectivity index (χ0v) is 11.1. The quantitative estimate of drug-likeness (QED) is 0.466. The Morgan fingerprint density at radius 2 is 1.89 bits per heavy atom. The molecule has 0 aliphatic rings. The molecule has 0 spiro atoms. The van der Waals surface area contributed by atoms with Crippen LogP contribution in [0.3, 0.4) is 0 Å². The third-order valence-electron chi connectivity index (χ3n) is 2.81. The van der Waals surface area contributed by atoms with Gasteiger partial charge in [0.15, 0.2) is 5.78 Å². The third kappa shape index (κ3) is 3.13. The maximum atomic E-state index is 11.9. The minimum absolute atomic E-state index is 0.0637. The number of hydrogen-bond acceptors (Lipinski definition) is 3. The van der Waals surface area contributed by atoms with Gasteiger partial charge in [-0.15, -0.1) is 0 Å². The van der Waals surface area contributed by atoms with Crippen molar-refractivity contribution in [1.82, 2.24) is 0 Å². The van der Waals surface area contributed by atoms with Crippen molar-refractivity contribution in [3.8, 4) is 5.75 Å². The molecule has 0 saturated carbocycles. The maximum Gasteiger partial charge on any atom is 0.188 e. The molecule has 19 heavy (non-hydrogen) atoms. The highest BCUT2D eigenvalue weighted by Crippen LogP contribution is 2.22. The van der Waals surface area contributed by atoms with Gasteiger partial charge in [0.2, 0.25) is 0 Å². The summed E-state index contributed by atoms with van der Waals surface area (Å²) in [5.74, 6) is 0.744. The van der Waals surface area contributed by atoms with E-state index in [1.807, 2.05) is 37.3 Å². The highest BCUT2D eigenvalue weighted by Gasteiger charge is 2.04. The van der Waals surface area contributed by atoms with E-state index in [0.717, 1.165) is 16.5 Å². The van der Waals surface area contributed by atoms with Gasteiger partial charge in [0.05, 0.1) is 20.0 Å². The van der Waals surface area contributed by atoms with E-state index in [1.54, 1.807) is 13.2 Å². The van der Waals surface area contributed by atoms with Crippen molar-refractivity contribution in [2.75, 3.05) is 13.7 Å². The first-order valence-electron chi connectivity index (χ1n) is 6.15. The summed E-state index contributed by atoms with van der Waals surface area (Å²) in [6.45, 7) is 2.43. The first kappa shape index (κ1) is 13.1. The molecular weight excluding hydrogens is 240 g/mol. The van der Waals surface area contributed by atoms with Crippen molar-refractivity contribution < 1.29 is 14.3 Å². The molecule has 98 valence electrons. The van der Waals surface area contributed by atoms with Gasteiger partial charge >= 0.3 is 0 Å². The van der Waals surface area contributed by atoms with Gasteiger partial charge in [-0.1, -0.05) is 18.2 Å². The molecule has 0 aliphatic carbocycles. The van der Waals surface area contributed by atoms with E-state index in [1.165, 1.54) is 12.3 Å². The number of ketones is 1. The lowest BCUT2D eigenvalue weighted by molar-refractivity contribution is 0.104. The minimum atomic E-state index is -0.0637. The summed E-state index contributed by atoms with van der Waals surface area (Å²) in [7, 11) is 1.64. The Bertz CT molecular complexity index is 614. The van der Waals surface area contributed by atoms with Crippen molar-refractivity contribution in [1.29, 1.82) is 0 Å². The van der Waals surface area contributed by atoms with Crippen molar-refractivity contribution in [2.24, 2.45) is 0 Å². The number of fused-ring (bicyclic) bond motifs is 1. The molecule has 3 nitrogen and oxygen atoms in total. The summed E-state index contributed by atoms with van der Waals surface area (Å²) in [4.78, 5) is 11.9. The molecule has 0 aliphatic heterocycles. The predicted octanol–water partition coefficient (Wildman–Crippen LogP) is 3.58. The van der Waals surface area contributed by atoms with Gasteiger partial charge in [-0.2, -0.15) is 0 Å².